The molecule has 0 heterocycles. The number of nitro benzene ring substituents is 1. The van der Waals surface area contributed by atoms with Crippen molar-refractivity contribution in [1.82, 2.24) is 0 Å². The van der Waals surface area contributed by atoms with Crippen molar-refractivity contribution in [3.63, 3.8) is 0 Å². The zero-order valence-corrected chi connectivity index (χ0v) is 11.4. The molecule has 0 spiro atoms. The molecule has 2 N–H and O–H groups in total. The molecule has 0 aliphatic heterocycles. The van der Waals surface area contributed by atoms with E-state index in [2.05, 4.69) is 0 Å². The van der Waals surface area contributed by atoms with Gasteiger partial charge in [-0.1, -0.05) is 18.9 Å². The number of carboxylic acid groups (broad SMARTS) is 1. The van der Waals surface area contributed by atoms with E-state index in [-0.39, 0.29) is 5.75 Å². The lowest BCUT2D eigenvalue weighted by molar-refractivity contribution is -0.385. The molecule has 1 saturated carbocycles. The first kappa shape index (κ1) is 15.2. The van der Waals surface area contributed by atoms with E-state index in [1.54, 1.807) is 0 Å². The highest BCUT2D eigenvalue weighted by Crippen LogP contribution is 2.31. The quantitative estimate of drug-likeness (QED) is 0.501. The first-order chi connectivity index (χ1) is 10.0. The van der Waals surface area contributed by atoms with Crippen LogP contribution >= 0.6 is 0 Å². The number of carbonyl (C=O) groups is 1. The first-order valence-corrected chi connectivity index (χ1v) is 6.86. The van der Waals surface area contributed by atoms with Crippen LogP contribution in [0.1, 0.15) is 42.5 Å². The Labute approximate surface area is 121 Å². The smallest absolute Gasteiger partial charge is 0.346 e. The van der Waals surface area contributed by atoms with E-state index < -0.39 is 34.4 Å². The van der Waals surface area contributed by atoms with E-state index in [0.29, 0.717) is 12.8 Å². The highest BCUT2D eigenvalue weighted by atomic mass is 16.6. The van der Waals surface area contributed by atoms with Crippen LogP contribution in [0.2, 0.25) is 0 Å². The van der Waals surface area contributed by atoms with Crippen molar-refractivity contribution >= 4 is 11.7 Å². The minimum Gasteiger partial charge on any atom is -0.487 e. The molecule has 0 saturated heterocycles. The number of aliphatic hydroxyl groups excluding tert-OH is 1. The molecule has 1 aliphatic rings. The largest absolute Gasteiger partial charge is 0.487 e. The second-order valence-corrected chi connectivity index (χ2v) is 5.07. The van der Waals surface area contributed by atoms with Gasteiger partial charge in [0.1, 0.15) is 11.9 Å². The summed E-state index contributed by atoms with van der Waals surface area (Å²) in [4.78, 5) is 21.5. The lowest BCUT2D eigenvalue weighted by atomic mass is 10.1. The summed E-state index contributed by atoms with van der Waals surface area (Å²) in [6.07, 6.45) is 2.71. The fourth-order valence-corrected chi connectivity index (χ4v) is 2.54. The maximum atomic E-state index is 11.3. The summed E-state index contributed by atoms with van der Waals surface area (Å²) in [6.45, 7) is 0. The molecule has 0 bridgehead atoms. The van der Waals surface area contributed by atoms with Gasteiger partial charge in [-0.25, -0.2) is 4.79 Å². The Morgan fingerprint density at radius 3 is 2.67 bits per heavy atom. The van der Waals surface area contributed by atoms with Crippen molar-refractivity contribution in [2.45, 2.75) is 44.3 Å². The molecule has 7 nitrogen and oxygen atoms in total. The Morgan fingerprint density at radius 1 is 1.29 bits per heavy atom. The van der Waals surface area contributed by atoms with Gasteiger partial charge in [0.25, 0.3) is 5.69 Å². The first-order valence-electron chi connectivity index (χ1n) is 6.86. The normalized spacial score (nSPS) is 22.3. The zero-order valence-electron chi connectivity index (χ0n) is 11.4. The molecule has 2 atom stereocenters. The molecular weight excluding hydrogens is 278 g/mol. The minimum absolute atomic E-state index is 0.0670. The summed E-state index contributed by atoms with van der Waals surface area (Å²) in [5, 5.41) is 30.1. The summed E-state index contributed by atoms with van der Waals surface area (Å²) in [6, 6.07) is 3.89. The standard InChI is InChI=1S/C14H17NO6/c16-10-6-2-1-3-7-11(10)21-12-8-4-5-9(15(19)20)13(12)14(17)18/h4-5,8,10-11,16H,1-3,6-7H2,(H,17,18). The molecule has 1 aliphatic carbocycles. The van der Waals surface area contributed by atoms with Gasteiger partial charge in [-0.2, -0.15) is 0 Å². The maximum Gasteiger partial charge on any atom is 0.346 e. The monoisotopic (exact) mass is 295 g/mol. The number of carboxylic acids is 1. The lowest BCUT2D eigenvalue weighted by Crippen LogP contribution is -2.31. The van der Waals surface area contributed by atoms with Crippen molar-refractivity contribution in [3.8, 4) is 5.75 Å². The van der Waals surface area contributed by atoms with Gasteiger partial charge in [-0.3, -0.25) is 10.1 Å². The number of aliphatic hydroxyl groups is 1. The molecule has 0 aromatic heterocycles. The molecule has 1 aromatic carbocycles. The molecular formula is C14H17NO6. The molecule has 2 rings (SSSR count). The van der Waals surface area contributed by atoms with Crippen LogP contribution in [-0.4, -0.2) is 33.3 Å². The van der Waals surface area contributed by atoms with Crippen molar-refractivity contribution in [2.75, 3.05) is 0 Å². The predicted octanol–water partition coefficient (Wildman–Crippen LogP) is 2.37. The van der Waals surface area contributed by atoms with Crippen molar-refractivity contribution < 1.29 is 24.7 Å². The second kappa shape index (κ2) is 6.53. The third kappa shape index (κ3) is 3.49. The Kier molecular flexibility index (Phi) is 4.74. The van der Waals surface area contributed by atoms with Crippen molar-refractivity contribution in [2.24, 2.45) is 0 Å². The molecule has 7 heteroatoms. The molecule has 114 valence electrons. The molecule has 1 fully saturated rings. The number of aromatic carboxylic acids is 1. The Morgan fingerprint density at radius 2 is 2.00 bits per heavy atom. The highest BCUT2D eigenvalue weighted by Gasteiger charge is 2.29. The Balaban J connectivity index is 2.32. The van der Waals surface area contributed by atoms with Gasteiger partial charge < -0.3 is 14.9 Å². The van der Waals surface area contributed by atoms with Crippen LogP contribution in [0.25, 0.3) is 0 Å². The number of hydrogen-bond donors (Lipinski definition) is 2. The molecule has 0 amide bonds. The summed E-state index contributed by atoms with van der Waals surface area (Å²) in [5.41, 5.74) is -0.984. The molecule has 2 unspecified atom stereocenters. The number of hydrogen-bond acceptors (Lipinski definition) is 5. The average Bonchev–Trinajstić information content (AvgIpc) is 2.63. The van der Waals surface area contributed by atoms with E-state index in [1.165, 1.54) is 12.1 Å². The summed E-state index contributed by atoms with van der Waals surface area (Å²) < 4.78 is 5.60. The minimum atomic E-state index is -1.42. The third-order valence-corrected chi connectivity index (χ3v) is 3.61. The zero-order chi connectivity index (χ0) is 15.4. The van der Waals surface area contributed by atoms with Gasteiger partial charge in [0.2, 0.25) is 0 Å². The van der Waals surface area contributed by atoms with Gasteiger partial charge in [-0.15, -0.1) is 0 Å². The summed E-state index contributed by atoms with van der Waals surface area (Å²) in [7, 11) is 0. The van der Waals surface area contributed by atoms with Crippen LogP contribution in [0.4, 0.5) is 5.69 Å². The van der Waals surface area contributed by atoms with E-state index in [4.69, 9.17) is 4.74 Å². The Hall–Kier alpha value is -2.15. The SMILES string of the molecule is O=C(O)c1c(OC2CCCCCC2O)cccc1[N+](=O)[O-]. The van der Waals surface area contributed by atoms with E-state index in [9.17, 15) is 25.1 Å². The van der Waals surface area contributed by atoms with Gasteiger partial charge in [0, 0.05) is 6.07 Å². The van der Waals surface area contributed by atoms with Crippen LogP contribution in [0, 0.1) is 10.1 Å². The van der Waals surface area contributed by atoms with Crippen LogP contribution in [0.5, 0.6) is 5.75 Å². The topological polar surface area (TPSA) is 110 Å². The molecule has 1 aromatic rings. The highest BCUT2D eigenvalue weighted by molar-refractivity contribution is 5.95. The summed E-state index contributed by atoms with van der Waals surface area (Å²) >= 11 is 0. The van der Waals surface area contributed by atoms with Gasteiger partial charge in [0.15, 0.2) is 5.56 Å². The number of rotatable bonds is 4. The van der Waals surface area contributed by atoms with Gasteiger partial charge in [0.05, 0.1) is 11.0 Å². The molecule has 21 heavy (non-hydrogen) atoms. The van der Waals surface area contributed by atoms with E-state index in [0.717, 1.165) is 25.3 Å². The van der Waals surface area contributed by atoms with Gasteiger partial charge in [-0.05, 0) is 25.3 Å². The van der Waals surface area contributed by atoms with E-state index >= 15 is 0 Å². The van der Waals surface area contributed by atoms with Gasteiger partial charge >= 0.3 is 5.97 Å². The third-order valence-electron chi connectivity index (χ3n) is 3.61. The predicted molar refractivity (Wildman–Crippen MR) is 73.6 cm³/mol. The number of ether oxygens (including phenoxy) is 1. The fourth-order valence-electron chi connectivity index (χ4n) is 2.54. The summed E-state index contributed by atoms with van der Waals surface area (Å²) in [5.74, 6) is -1.48. The van der Waals surface area contributed by atoms with Crippen LogP contribution in [0.3, 0.4) is 0 Å². The van der Waals surface area contributed by atoms with Crippen LogP contribution in [-0.2, 0) is 0 Å². The second-order valence-electron chi connectivity index (χ2n) is 5.07. The average molecular weight is 295 g/mol. The van der Waals surface area contributed by atoms with Crippen molar-refractivity contribution in [1.29, 1.82) is 0 Å². The fraction of sp³-hybridized carbons (Fsp3) is 0.500. The number of benzene rings is 1. The van der Waals surface area contributed by atoms with Crippen molar-refractivity contribution in [3.05, 3.63) is 33.9 Å². The lowest BCUT2D eigenvalue weighted by Gasteiger charge is -2.22. The van der Waals surface area contributed by atoms with Crippen LogP contribution in [0.15, 0.2) is 18.2 Å². The Bertz CT molecular complexity index is 544. The number of nitrogens with zero attached hydrogens (tertiary/aromatic N) is 1. The van der Waals surface area contributed by atoms with E-state index in [1.807, 2.05) is 0 Å². The number of nitro groups is 1. The maximum absolute atomic E-state index is 11.3. The molecule has 0 radical (unpaired) electrons. The van der Waals surface area contributed by atoms with Crippen LogP contribution < -0.4 is 4.74 Å².